The van der Waals surface area contributed by atoms with Crippen LogP contribution in [0.4, 0.5) is 5.69 Å². The maximum Gasteiger partial charge on any atom is 0.137 e. The summed E-state index contributed by atoms with van der Waals surface area (Å²) in [6.45, 7) is 5.51. The van der Waals surface area contributed by atoms with E-state index in [0.29, 0.717) is 6.04 Å². The van der Waals surface area contributed by atoms with Gasteiger partial charge in [0.1, 0.15) is 12.7 Å². The van der Waals surface area contributed by atoms with Crippen molar-refractivity contribution in [2.75, 3.05) is 5.32 Å². The molecule has 21 heavy (non-hydrogen) atoms. The number of hydrogen-bond acceptors (Lipinski definition) is 3. The SMILES string of the molecule is CC1CCC(Nc2ccc(Cn3cncn3)cc2)C(C)C1. The van der Waals surface area contributed by atoms with Gasteiger partial charge in [0, 0.05) is 11.7 Å². The first-order chi connectivity index (χ1) is 10.2. The van der Waals surface area contributed by atoms with Gasteiger partial charge in [0.15, 0.2) is 0 Å². The predicted octanol–water partition coefficient (Wildman–Crippen LogP) is 3.56. The van der Waals surface area contributed by atoms with Crippen LogP contribution in [0.1, 0.15) is 38.7 Å². The third-order valence-electron chi connectivity index (χ3n) is 4.55. The molecule has 3 atom stereocenters. The summed E-state index contributed by atoms with van der Waals surface area (Å²) in [5.41, 5.74) is 2.47. The monoisotopic (exact) mass is 284 g/mol. The number of hydrogen-bond donors (Lipinski definition) is 1. The van der Waals surface area contributed by atoms with E-state index in [0.717, 1.165) is 18.4 Å². The molecule has 1 saturated carbocycles. The lowest BCUT2D eigenvalue weighted by molar-refractivity contribution is 0.276. The predicted molar refractivity (Wildman–Crippen MR) is 85.2 cm³/mol. The minimum atomic E-state index is 0.613. The van der Waals surface area contributed by atoms with Crippen LogP contribution in [-0.4, -0.2) is 20.8 Å². The van der Waals surface area contributed by atoms with Gasteiger partial charge in [-0.2, -0.15) is 5.10 Å². The summed E-state index contributed by atoms with van der Waals surface area (Å²) in [4.78, 5) is 3.97. The standard InChI is InChI=1S/C17H24N4/c1-13-3-8-17(14(2)9-13)20-16-6-4-15(5-7-16)10-21-12-18-11-19-21/h4-7,11-14,17,20H,3,8-10H2,1-2H3. The van der Waals surface area contributed by atoms with Crippen molar-refractivity contribution in [3.8, 4) is 0 Å². The van der Waals surface area contributed by atoms with E-state index in [4.69, 9.17) is 0 Å². The van der Waals surface area contributed by atoms with Gasteiger partial charge in [0.2, 0.25) is 0 Å². The maximum atomic E-state index is 4.13. The summed E-state index contributed by atoms with van der Waals surface area (Å²) < 4.78 is 1.84. The van der Waals surface area contributed by atoms with Crippen molar-refractivity contribution in [1.82, 2.24) is 14.8 Å². The van der Waals surface area contributed by atoms with Crippen molar-refractivity contribution in [2.45, 2.75) is 45.7 Å². The molecule has 4 nitrogen and oxygen atoms in total. The molecule has 1 fully saturated rings. The molecule has 0 aliphatic heterocycles. The molecule has 1 aromatic heterocycles. The van der Waals surface area contributed by atoms with Gasteiger partial charge in [-0.25, -0.2) is 9.67 Å². The molecule has 0 bridgehead atoms. The molecule has 112 valence electrons. The molecule has 0 radical (unpaired) electrons. The van der Waals surface area contributed by atoms with Crippen LogP contribution in [0.3, 0.4) is 0 Å². The van der Waals surface area contributed by atoms with Crippen LogP contribution in [0.2, 0.25) is 0 Å². The van der Waals surface area contributed by atoms with Gasteiger partial charge in [0.25, 0.3) is 0 Å². The number of benzene rings is 1. The Labute approximate surface area is 126 Å². The van der Waals surface area contributed by atoms with Gasteiger partial charge in [0.05, 0.1) is 6.54 Å². The number of aromatic nitrogens is 3. The Bertz CT molecular complexity index is 547. The molecule has 1 aliphatic carbocycles. The van der Waals surface area contributed by atoms with E-state index in [-0.39, 0.29) is 0 Å². The zero-order chi connectivity index (χ0) is 14.7. The zero-order valence-corrected chi connectivity index (χ0v) is 12.9. The molecule has 1 N–H and O–H groups in total. The van der Waals surface area contributed by atoms with Crippen molar-refractivity contribution < 1.29 is 0 Å². The van der Waals surface area contributed by atoms with Gasteiger partial charge in [-0.05, 0) is 48.8 Å². The number of nitrogens with zero attached hydrogens (tertiary/aromatic N) is 3. The second-order valence-electron chi connectivity index (χ2n) is 6.44. The van der Waals surface area contributed by atoms with Crippen LogP contribution in [0.25, 0.3) is 0 Å². The lowest BCUT2D eigenvalue weighted by Crippen LogP contribution is -2.32. The zero-order valence-electron chi connectivity index (χ0n) is 12.9. The normalized spacial score (nSPS) is 25.7. The second-order valence-corrected chi connectivity index (χ2v) is 6.44. The fraction of sp³-hybridized carbons (Fsp3) is 0.529. The average Bonchev–Trinajstić information content (AvgIpc) is 2.97. The highest BCUT2D eigenvalue weighted by atomic mass is 15.3. The van der Waals surface area contributed by atoms with E-state index >= 15 is 0 Å². The second kappa shape index (κ2) is 6.29. The molecule has 0 saturated heterocycles. The van der Waals surface area contributed by atoms with Crippen molar-refractivity contribution in [3.05, 3.63) is 42.5 Å². The molecule has 2 aromatic rings. The van der Waals surface area contributed by atoms with Crippen LogP contribution in [-0.2, 0) is 6.54 Å². The van der Waals surface area contributed by atoms with Gasteiger partial charge < -0.3 is 5.32 Å². The summed E-state index contributed by atoms with van der Waals surface area (Å²) in [6.07, 6.45) is 7.27. The van der Waals surface area contributed by atoms with E-state index in [1.807, 2.05) is 4.68 Å². The van der Waals surface area contributed by atoms with E-state index in [1.54, 1.807) is 12.7 Å². The largest absolute Gasteiger partial charge is 0.382 e. The van der Waals surface area contributed by atoms with Crippen molar-refractivity contribution in [1.29, 1.82) is 0 Å². The summed E-state index contributed by atoms with van der Waals surface area (Å²) >= 11 is 0. The number of nitrogens with one attached hydrogen (secondary N) is 1. The Morgan fingerprint density at radius 2 is 2.00 bits per heavy atom. The van der Waals surface area contributed by atoms with Crippen molar-refractivity contribution in [3.63, 3.8) is 0 Å². The first-order valence-corrected chi connectivity index (χ1v) is 7.88. The van der Waals surface area contributed by atoms with Crippen LogP contribution >= 0.6 is 0 Å². The fourth-order valence-corrected chi connectivity index (χ4v) is 3.30. The molecule has 3 unspecified atom stereocenters. The van der Waals surface area contributed by atoms with Crippen LogP contribution in [0.5, 0.6) is 0 Å². The summed E-state index contributed by atoms with van der Waals surface area (Å²) in [5, 5.41) is 7.84. The average molecular weight is 284 g/mol. The van der Waals surface area contributed by atoms with Gasteiger partial charge in [-0.1, -0.05) is 26.0 Å². The van der Waals surface area contributed by atoms with Gasteiger partial charge in [-0.15, -0.1) is 0 Å². The van der Waals surface area contributed by atoms with Crippen molar-refractivity contribution in [2.24, 2.45) is 11.8 Å². The molecular weight excluding hydrogens is 260 g/mol. The summed E-state index contributed by atoms with van der Waals surface area (Å²) in [5.74, 6) is 1.63. The van der Waals surface area contributed by atoms with Crippen molar-refractivity contribution >= 4 is 5.69 Å². The number of anilines is 1. The number of rotatable bonds is 4. The topological polar surface area (TPSA) is 42.7 Å². The molecule has 1 aromatic carbocycles. The van der Waals surface area contributed by atoms with Gasteiger partial charge >= 0.3 is 0 Å². The minimum absolute atomic E-state index is 0.613. The molecule has 3 rings (SSSR count). The highest BCUT2D eigenvalue weighted by Crippen LogP contribution is 2.30. The first-order valence-electron chi connectivity index (χ1n) is 7.88. The van der Waals surface area contributed by atoms with E-state index in [2.05, 4.69) is 53.5 Å². The molecule has 1 heterocycles. The lowest BCUT2D eigenvalue weighted by atomic mass is 9.80. The highest BCUT2D eigenvalue weighted by molar-refractivity contribution is 5.45. The maximum absolute atomic E-state index is 4.13. The fourth-order valence-electron chi connectivity index (χ4n) is 3.30. The Morgan fingerprint density at radius 1 is 1.19 bits per heavy atom. The highest BCUT2D eigenvalue weighted by Gasteiger charge is 2.24. The third kappa shape index (κ3) is 3.63. The molecule has 0 spiro atoms. The first kappa shape index (κ1) is 14.1. The van der Waals surface area contributed by atoms with Crippen LogP contribution < -0.4 is 5.32 Å². The Balaban J connectivity index is 1.59. The minimum Gasteiger partial charge on any atom is -0.382 e. The molecule has 1 aliphatic rings. The quantitative estimate of drug-likeness (QED) is 0.933. The van der Waals surface area contributed by atoms with Crippen LogP contribution in [0.15, 0.2) is 36.9 Å². The van der Waals surface area contributed by atoms with E-state index < -0.39 is 0 Å². The molecule has 4 heteroatoms. The third-order valence-corrected chi connectivity index (χ3v) is 4.55. The smallest absolute Gasteiger partial charge is 0.137 e. The Morgan fingerprint density at radius 3 is 2.67 bits per heavy atom. The molecule has 0 amide bonds. The Hall–Kier alpha value is -1.84. The molecular formula is C17H24N4. The summed E-state index contributed by atoms with van der Waals surface area (Å²) in [6, 6.07) is 9.30. The lowest BCUT2D eigenvalue weighted by Gasteiger charge is -2.33. The summed E-state index contributed by atoms with van der Waals surface area (Å²) in [7, 11) is 0. The van der Waals surface area contributed by atoms with Gasteiger partial charge in [-0.3, -0.25) is 0 Å². The van der Waals surface area contributed by atoms with Crippen LogP contribution in [0, 0.1) is 11.8 Å². The van der Waals surface area contributed by atoms with E-state index in [1.165, 1.54) is 30.5 Å². The van der Waals surface area contributed by atoms with E-state index in [9.17, 15) is 0 Å². The Kier molecular flexibility index (Phi) is 4.23.